The van der Waals surface area contributed by atoms with E-state index in [1.807, 2.05) is 24.3 Å². The fourth-order valence-corrected chi connectivity index (χ4v) is 4.22. The lowest BCUT2D eigenvalue weighted by Gasteiger charge is -2.35. The van der Waals surface area contributed by atoms with Crippen molar-refractivity contribution in [3.05, 3.63) is 94.7 Å². The van der Waals surface area contributed by atoms with Crippen molar-refractivity contribution in [2.75, 3.05) is 18.8 Å². The number of hydrogen-bond acceptors (Lipinski definition) is 5. The quantitative estimate of drug-likeness (QED) is 0.498. The fraction of sp³-hybridized carbons (Fsp3) is 0.160. The van der Waals surface area contributed by atoms with Crippen LogP contribution in [0.15, 0.2) is 72.4 Å². The highest BCUT2D eigenvalue weighted by Gasteiger charge is 2.39. The van der Waals surface area contributed by atoms with E-state index >= 15 is 0 Å². The molecule has 5 rings (SSSR count). The van der Waals surface area contributed by atoms with E-state index in [4.69, 9.17) is 14.2 Å². The first kappa shape index (κ1) is 20.9. The van der Waals surface area contributed by atoms with Gasteiger partial charge < -0.3 is 19.1 Å². The second kappa shape index (κ2) is 7.88. The largest absolute Gasteiger partial charge is 0.464 e. The number of para-hydroxylation sites is 1. The first-order valence-electron chi connectivity index (χ1n) is 10.1. The maximum atomic E-state index is 13.9. The molecule has 2 heterocycles. The summed E-state index contributed by atoms with van der Waals surface area (Å²) in [6.07, 6.45) is -4.60. The maximum Gasteiger partial charge on any atom is 0.418 e. The van der Waals surface area contributed by atoms with Gasteiger partial charge in [0, 0.05) is 12.1 Å². The van der Waals surface area contributed by atoms with Gasteiger partial charge in [-0.3, -0.25) is 0 Å². The number of benzene rings is 3. The number of halogens is 3. The van der Waals surface area contributed by atoms with E-state index in [0.717, 1.165) is 17.2 Å². The van der Waals surface area contributed by atoms with E-state index in [1.165, 1.54) is 30.2 Å². The number of hydrogen-bond donors (Lipinski definition) is 0. The van der Waals surface area contributed by atoms with Crippen molar-refractivity contribution in [2.45, 2.75) is 12.7 Å². The highest BCUT2D eigenvalue weighted by molar-refractivity contribution is 6.06. The van der Waals surface area contributed by atoms with Crippen LogP contribution < -0.4 is 14.4 Å². The van der Waals surface area contributed by atoms with E-state index in [9.17, 15) is 18.0 Å². The number of esters is 1. The lowest BCUT2D eigenvalue weighted by atomic mass is 9.87. The zero-order valence-electron chi connectivity index (χ0n) is 17.5. The summed E-state index contributed by atoms with van der Waals surface area (Å²) in [6, 6.07) is 17.7. The Morgan fingerprint density at radius 2 is 1.70 bits per heavy atom. The van der Waals surface area contributed by atoms with Crippen LogP contribution in [-0.2, 0) is 22.3 Å². The third kappa shape index (κ3) is 3.57. The first-order valence-corrected chi connectivity index (χ1v) is 10.1. The predicted molar refractivity (Wildman–Crippen MR) is 115 cm³/mol. The van der Waals surface area contributed by atoms with Gasteiger partial charge in [0.2, 0.25) is 6.79 Å². The minimum absolute atomic E-state index is 0.0202. The molecular formula is C25H18F3NO4. The lowest BCUT2D eigenvalue weighted by Crippen LogP contribution is -2.34. The van der Waals surface area contributed by atoms with E-state index in [0.29, 0.717) is 22.6 Å². The number of rotatable bonds is 3. The van der Waals surface area contributed by atoms with Crippen LogP contribution in [0.2, 0.25) is 0 Å². The van der Waals surface area contributed by atoms with Crippen molar-refractivity contribution >= 4 is 17.2 Å². The second-order valence-electron chi connectivity index (χ2n) is 7.54. The van der Waals surface area contributed by atoms with Crippen molar-refractivity contribution in [2.24, 2.45) is 0 Å². The monoisotopic (exact) mass is 453 g/mol. The molecular weight excluding hydrogens is 435 g/mol. The maximum absolute atomic E-state index is 13.9. The van der Waals surface area contributed by atoms with Gasteiger partial charge in [-0.25, -0.2) is 4.79 Å². The topological polar surface area (TPSA) is 48.0 Å². The number of ether oxygens (including phenoxy) is 3. The van der Waals surface area contributed by atoms with E-state index in [1.54, 1.807) is 18.2 Å². The summed E-state index contributed by atoms with van der Waals surface area (Å²) in [5, 5.41) is 0. The Morgan fingerprint density at radius 1 is 0.970 bits per heavy atom. The molecule has 0 spiro atoms. The molecule has 3 aromatic carbocycles. The van der Waals surface area contributed by atoms with Gasteiger partial charge in [0.1, 0.15) is 5.70 Å². The molecule has 0 atom stereocenters. The Bertz CT molecular complexity index is 1280. The summed E-state index contributed by atoms with van der Waals surface area (Å²) in [5.74, 6) is 0.311. The zero-order chi connectivity index (χ0) is 23.2. The van der Waals surface area contributed by atoms with Crippen molar-refractivity contribution in [1.82, 2.24) is 0 Å². The summed E-state index contributed by atoms with van der Waals surface area (Å²) in [7, 11) is 1.21. The first-order chi connectivity index (χ1) is 15.9. The highest BCUT2D eigenvalue weighted by Crippen LogP contribution is 2.45. The Morgan fingerprint density at radius 3 is 2.48 bits per heavy atom. The van der Waals surface area contributed by atoms with Gasteiger partial charge in [-0.05, 0) is 41.0 Å². The van der Waals surface area contributed by atoms with Gasteiger partial charge in [0.25, 0.3) is 0 Å². The predicted octanol–water partition coefficient (Wildman–Crippen LogP) is 5.39. The molecule has 0 bridgehead atoms. The molecule has 3 aromatic rings. The number of nitrogens with zero attached hydrogens (tertiary/aromatic N) is 1. The molecule has 0 aliphatic carbocycles. The SMILES string of the molecule is COC(=O)C1=C(c2ccc3c(c2)OCO3)c2ccccc2CN1c1ccccc1C(F)(F)F. The summed E-state index contributed by atoms with van der Waals surface area (Å²) in [5.41, 5.74) is 1.62. The van der Waals surface area contributed by atoms with Crippen LogP contribution in [0.25, 0.3) is 5.57 Å². The van der Waals surface area contributed by atoms with Crippen LogP contribution in [0, 0.1) is 0 Å². The van der Waals surface area contributed by atoms with Crippen LogP contribution in [0.1, 0.15) is 22.3 Å². The minimum Gasteiger partial charge on any atom is -0.464 e. The molecule has 0 N–H and O–H groups in total. The molecule has 0 radical (unpaired) electrons. The molecule has 0 saturated carbocycles. The van der Waals surface area contributed by atoms with Gasteiger partial charge in [0.05, 0.1) is 18.4 Å². The molecule has 0 unspecified atom stereocenters. The van der Waals surface area contributed by atoms with Crippen molar-refractivity contribution in [3.8, 4) is 11.5 Å². The summed E-state index contributed by atoms with van der Waals surface area (Å²) in [6.45, 7) is 0.144. The van der Waals surface area contributed by atoms with E-state index < -0.39 is 17.7 Å². The third-order valence-corrected chi connectivity index (χ3v) is 5.66. The standard InChI is InChI=1S/C25H18F3NO4/c1-31-24(30)23-22(15-10-11-20-21(12-15)33-14-32-20)17-7-3-2-6-16(17)13-29(23)19-9-5-4-8-18(19)25(26,27)28/h2-12H,13-14H2,1H3. The molecule has 0 amide bonds. The number of fused-ring (bicyclic) bond motifs is 2. The van der Waals surface area contributed by atoms with Crippen LogP contribution >= 0.6 is 0 Å². The average molecular weight is 453 g/mol. The summed E-state index contributed by atoms with van der Waals surface area (Å²) >= 11 is 0. The molecule has 2 aliphatic rings. The molecule has 0 saturated heterocycles. The van der Waals surface area contributed by atoms with Crippen molar-refractivity contribution < 1.29 is 32.2 Å². The number of anilines is 1. The van der Waals surface area contributed by atoms with E-state index in [-0.39, 0.29) is 24.7 Å². The highest BCUT2D eigenvalue weighted by atomic mass is 19.4. The summed E-state index contributed by atoms with van der Waals surface area (Å²) < 4.78 is 57.6. The normalized spacial score (nSPS) is 14.8. The Labute approximate surface area is 187 Å². The third-order valence-electron chi connectivity index (χ3n) is 5.66. The molecule has 33 heavy (non-hydrogen) atoms. The Kier molecular flexibility index (Phi) is 5.00. The molecule has 0 aromatic heterocycles. The van der Waals surface area contributed by atoms with Crippen LogP contribution in [0.3, 0.4) is 0 Å². The van der Waals surface area contributed by atoms with Crippen molar-refractivity contribution in [1.29, 1.82) is 0 Å². The summed E-state index contributed by atoms with van der Waals surface area (Å²) in [4.78, 5) is 14.5. The molecule has 5 nitrogen and oxygen atoms in total. The molecule has 8 heteroatoms. The van der Waals surface area contributed by atoms with Gasteiger partial charge in [-0.15, -0.1) is 0 Å². The number of carbonyl (C=O) groups excluding carboxylic acids is 1. The average Bonchev–Trinajstić information content (AvgIpc) is 3.29. The number of methoxy groups -OCH3 is 1. The molecule has 2 aliphatic heterocycles. The fourth-order valence-electron chi connectivity index (χ4n) is 4.22. The van der Waals surface area contributed by atoms with Crippen LogP contribution in [-0.4, -0.2) is 19.9 Å². The Balaban J connectivity index is 1.81. The second-order valence-corrected chi connectivity index (χ2v) is 7.54. The zero-order valence-corrected chi connectivity index (χ0v) is 17.5. The van der Waals surface area contributed by atoms with Gasteiger partial charge in [-0.2, -0.15) is 13.2 Å². The number of carbonyl (C=O) groups is 1. The van der Waals surface area contributed by atoms with Crippen molar-refractivity contribution in [3.63, 3.8) is 0 Å². The van der Waals surface area contributed by atoms with Crippen LogP contribution in [0.4, 0.5) is 18.9 Å². The number of alkyl halides is 3. The van der Waals surface area contributed by atoms with Gasteiger partial charge in [0.15, 0.2) is 11.5 Å². The Hall–Kier alpha value is -3.94. The van der Waals surface area contributed by atoms with E-state index in [2.05, 4.69) is 0 Å². The minimum atomic E-state index is -4.60. The van der Waals surface area contributed by atoms with Gasteiger partial charge >= 0.3 is 12.1 Å². The lowest BCUT2D eigenvalue weighted by molar-refractivity contribution is -0.138. The molecule has 0 fully saturated rings. The van der Waals surface area contributed by atoms with Gasteiger partial charge in [-0.1, -0.05) is 42.5 Å². The smallest absolute Gasteiger partial charge is 0.418 e. The van der Waals surface area contributed by atoms with Crippen LogP contribution in [0.5, 0.6) is 11.5 Å². The molecule has 168 valence electrons.